The minimum Gasteiger partial charge on any atom is -0.458 e. The summed E-state index contributed by atoms with van der Waals surface area (Å²) >= 11 is 0. The fourth-order valence-corrected chi connectivity index (χ4v) is 9.10. The van der Waals surface area contributed by atoms with Crippen molar-refractivity contribution in [1.82, 2.24) is 9.55 Å². The lowest BCUT2D eigenvalue weighted by Gasteiger charge is -2.33. The van der Waals surface area contributed by atoms with Crippen molar-refractivity contribution in [2.45, 2.75) is 71.5 Å². The lowest BCUT2D eigenvalue weighted by atomic mass is 9.86. The van der Waals surface area contributed by atoms with E-state index in [4.69, 9.17) is 9.72 Å². The van der Waals surface area contributed by atoms with Crippen LogP contribution in [0.4, 0.5) is 0 Å². The second kappa shape index (κ2) is 7.62. The predicted octanol–water partition coefficient (Wildman–Crippen LogP) is 4.04. The Kier molecular flexibility index (Phi) is 5.15. The summed E-state index contributed by atoms with van der Waals surface area (Å²) in [5.41, 5.74) is 2.64. The van der Waals surface area contributed by atoms with E-state index in [2.05, 4.69) is 58.1 Å². The first kappa shape index (κ1) is 23.0. The Labute approximate surface area is 200 Å². The summed E-state index contributed by atoms with van der Waals surface area (Å²) in [5, 5.41) is 13.5. The van der Waals surface area contributed by atoms with Gasteiger partial charge in [-0.15, -0.1) is 0 Å². The number of hydrogen-bond donors (Lipinski definition) is 1. The average Bonchev–Trinajstić information content (AvgIpc) is 3.17. The molecule has 0 saturated carbocycles. The SMILES string of the molecule is CC[C@@]1(O)C(=O)OCc2c1cc1n(c2=O)Cc2cc3cccc([Si](C)(C)C(C)C(C)C)c3nc2-1. The highest BCUT2D eigenvalue weighted by atomic mass is 28.3. The van der Waals surface area contributed by atoms with Gasteiger partial charge in [-0.05, 0) is 35.2 Å². The lowest BCUT2D eigenvalue weighted by Crippen LogP contribution is -2.47. The van der Waals surface area contributed by atoms with Crippen LogP contribution in [-0.4, -0.2) is 28.7 Å². The van der Waals surface area contributed by atoms with Gasteiger partial charge in [-0.1, -0.05) is 59.0 Å². The zero-order valence-corrected chi connectivity index (χ0v) is 21.7. The number of hydrogen-bond acceptors (Lipinski definition) is 5. The third kappa shape index (κ3) is 3.06. The fraction of sp³-hybridized carbons (Fsp3) is 0.444. The van der Waals surface area contributed by atoms with Gasteiger partial charge >= 0.3 is 5.97 Å². The number of ether oxygens (including phenoxy) is 1. The Hall–Kier alpha value is -2.77. The van der Waals surface area contributed by atoms with Crippen LogP contribution < -0.4 is 10.7 Å². The topological polar surface area (TPSA) is 81.4 Å². The van der Waals surface area contributed by atoms with Crippen molar-refractivity contribution in [1.29, 1.82) is 0 Å². The highest BCUT2D eigenvalue weighted by molar-refractivity contribution is 6.92. The van der Waals surface area contributed by atoms with Crippen molar-refractivity contribution in [3.8, 4) is 11.4 Å². The number of para-hydroxylation sites is 1. The number of nitrogens with zero attached hydrogens (tertiary/aromatic N) is 2. The molecule has 0 amide bonds. The van der Waals surface area contributed by atoms with Gasteiger partial charge in [-0.25, -0.2) is 9.78 Å². The zero-order chi connectivity index (χ0) is 24.6. The Morgan fingerprint density at radius 1 is 1.21 bits per heavy atom. The van der Waals surface area contributed by atoms with Crippen LogP contribution in [-0.2, 0) is 28.3 Å². The van der Waals surface area contributed by atoms with Crippen LogP contribution in [0.1, 0.15) is 50.8 Å². The van der Waals surface area contributed by atoms with Gasteiger partial charge < -0.3 is 14.4 Å². The molecular weight excluding hydrogens is 444 g/mol. The maximum Gasteiger partial charge on any atom is 0.343 e. The van der Waals surface area contributed by atoms with Crippen LogP contribution in [0, 0.1) is 5.92 Å². The quantitative estimate of drug-likeness (QED) is 0.355. The molecule has 5 rings (SSSR count). The second-order valence-electron chi connectivity index (χ2n) is 10.7. The second-order valence-corrected chi connectivity index (χ2v) is 15.6. The van der Waals surface area contributed by atoms with Gasteiger partial charge in [0.1, 0.15) is 6.61 Å². The lowest BCUT2D eigenvalue weighted by molar-refractivity contribution is -0.172. The number of pyridine rings is 2. The molecule has 178 valence electrons. The molecule has 0 saturated heterocycles. The number of aromatic nitrogens is 2. The first-order valence-corrected chi connectivity index (χ1v) is 15.2. The molecule has 0 spiro atoms. The number of aliphatic hydroxyl groups is 1. The van der Waals surface area contributed by atoms with Crippen LogP contribution in [0.2, 0.25) is 18.6 Å². The molecule has 2 aromatic heterocycles. The van der Waals surface area contributed by atoms with E-state index < -0.39 is 19.6 Å². The van der Waals surface area contributed by atoms with Crippen molar-refractivity contribution in [3.63, 3.8) is 0 Å². The number of fused-ring (bicyclic) bond motifs is 5. The molecule has 0 bridgehead atoms. The number of cyclic esters (lactones) is 1. The van der Waals surface area contributed by atoms with E-state index in [0.717, 1.165) is 22.2 Å². The molecule has 34 heavy (non-hydrogen) atoms. The Morgan fingerprint density at radius 3 is 2.62 bits per heavy atom. The third-order valence-corrected chi connectivity index (χ3v) is 13.1. The summed E-state index contributed by atoms with van der Waals surface area (Å²) in [5.74, 6) is -0.127. The van der Waals surface area contributed by atoms with Gasteiger partial charge in [0.15, 0.2) is 5.60 Å². The standard InChI is InChI=1S/C27H32N2O4Si/c1-7-27(32)20-12-21-23-18(13-29(21)25(30)19(20)14-33-26(27)31)11-17-9-8-10-22(24(17)28-23)34(5,6)16(4)15(2)3/h8-12,15-16,32H,7,13-14H2,1-6H3/t16?,27-/m0/s1. The van der Waals surface area contributed by atoms with E-state index in [1.165, 1.54) is 5.19 Å². The molecule has 0 fully saturated rings. The van der Waals surface area contributed by atoms with Crippen LogP contribution in [0.15, 0.2) is 35.1 Å². The molecule has 4 heterocycles. The van der Waals surface area contributed by atoms with Crippen molar-refractivity contribution in [2.75, 3.05) is 0 Å². The molecule has 0 radical (unpaired) electrons. The average molecular weight is 477 g/mol. The molecular formula is C27H32N2O4Si. The van der Waals surface area contributed by atoms with E-state index in [-0.39, 0.29) is 18.6 Å². The van der Waals surface area contributed by atoms with Crippen LogP contribution in [0.25, 0.3) is 22.3 Å². The summed E-state index contributed by atoms with van der Waals surface area (Å²) in [7, 11) is -1.84. The van der Waals surface area contributed by atoms with Crippen molar-refractivity contribution < 1.29 is 14.6 Å². The first-order valence-electron chi connectivity index (χ1n) is 12.1. The zero-order valence-electron chi connectivity index (χ0n) is 20.7. The number of rotatable bonds is 4. The minimum atomic E-state index is -1.84. The van der Waals surface area contributed by atoms with Gasteiger partial charge in [-0.2, -0.15) is 0 Å². The highest BCUT2D eigenvalue weighted by Gasteiger charge is 2.45. The number of carbonyl (C=O) groups is 1. The number of carbonyl (C=O) groups excluding carboxylic acids is 1. The Balaban J connectivity index is 1.76. The third-order valence-electron chi connectivity index (χ3n) is 8.37. The predicted molar refractivity (Wildman–Crippen MR) is 136 cm³/mol. The number of esters is 1. The summed E-state index contributed by atoms with van der Waals surface area (Å²) in [6.45, 7) is 13.7. The summed E-state index contributed by atoms with van der Waals surface area (Å²) in [6, 6.07) is 10.4. The van der Waals surface area contributed by atoms with E-state index in [0.29, 0.717) is 34.8 Å². The fourth-order valence-electron chi connectivity index (χ4n) is 5.61. The normalized spacial score (nSPS) is 20.2. The monoisotopic (exact) mass is 476 g/mol. The highest BCUT2D eigenvalue weighted by Crippen LogP contribution is 2.39. The van der Waals surface area contributed by atoms with Crippen molar-refractivity contribution in [2.24, 2.45) is 5.92 Å². The van der Waals surface area contributed by atoms with Crippen LogP contribution >= 0.6 is 0 Å². The van der Waals surface area contributed by atoms with E-state index in [1.807, 2.05) is 0 Å². The van der Waals surface area contributed by atoms with E-state index in [9.17, 15) is 14.7 Å². The molecule has 0 aliphatic carbocycles. The maximum atomic E-state index is 13.4. The molecule has 2 atom stereocenters. The van der Waals surface area contributed by atoms with Gasteiger partial charge in [-0.3, -0.25) is 4.79 Å². The molecule has 2 aliphatic rings. The van der Waals surface area contributed by atoms with Gasteiger partial charge in [0.05, 0.1) is 37.1 Å². The Bertz CT molecular complexity index is 1410. The van der Waals surface area contributed by atoms with E-state index >= 15 is 0 Å². The molecule has 1 unspecified atom stereocenters. The molecule has 1 N–H and O–H groups in total. The molecule has 7 heteroatoms. The Morgan fingerprint density at radius 2 is 1.94 bits per heavy atom. The first-order chi connectivity index (χ1) is 16.0. The number of benzene rings is 1. The van der Waals surface area contributed by atoms with Crippen LogP contribution in [0.3, 0.4) is 0 Å². The van der Waals surface area contributed by atoms with Crippen molar-refractivity contribution in [3.05, 3.63) is 57.4 Å². The van der Waals surface area contributed by atoms with Crippen molar-refractivity contribution >= 4 is 30.1 Å². The molecule has 2 aliphatic heterocycles. The summed E-state index contributed by atoms with van der Waals surface area (Å²) in [6.07, 6.45) is 0.136. The van der Waals surface area contributed by atoms with Gasteiger partial charge in [0.25, 0.3) is 5.56 Å². The van der Waals surface area contributed by atoms with Gasteiger partial charge in [0.2, 0.25) is 0 Å². The largest absolute Gasteiger partial charge is 0.458 e. The summed E-state index contributed by atoms with van der Waals surface area (Å²) < 4.78 is 6.87. The van der Waals surface area contributed by atoms with Gasteiger partial charge in [0, 0.05) is 16.5 Å². The molecule has 1 aromatic carbocycles. The summed E-state index contributed by atoms with van der Waals surface area (Å²) in [4.78, 5) is 31.0. The molecule has 6 nitrogen and oxygen atoms in total. The molecule has 3 aromatic rings. The van der Waals surface area contributed by atoms with Crippen LogP contribution in [0.5, 0.6) is 0 Å². The van der Waals surface area contributed by atoms with E-state index in [1.54, 1.807) is 17.6 Å². The smallest absolute Gasteiger partial charge is 0.343 e. The maximum absolute atomic E-state index is 13.4. The minimum absolute atomic E-state index is 0.113.